The van der Waals surface area contributed by atoms with Gasteiger partial charge in [-0.05, 0) is 12.1 Å². The Morgan fingerprint density at radius 2 is 2.22 bits per heavy atom. The van der Waals surface area contributed by atoms with E-state index in [0.717, 1.165) is 23.5 Å². The molecule has 1 amide bonds. The van der Waals surface area contributed by atoms with Gasteiger partial charge in [-0.3, -0.25) is 4.79 Å². The molecule has 1 spiro atoms. The van der Waals surface area contributed by atoms with Crippen LogP contribution in [0.2, 0.25) is 0 Å². The van der Waals surface area contributed by atoms with Crippen molar-refractivity contribution in [2.24, 2.45) is 0 Å². The van der Waals surface area contributed by atoms with Crippen LogP contribution in [0.4, 0.5) is 5.69 Å². The number of amides is 1. The van der Waals surface area contributed by atoms with Crippen LogP contribution in [0, 0.1) is 0 Å². The summed E-state index contributed by atoms with van der Waals surface area (Å²) in [5.74, 6) is 0.773. The number of ether oxygens (including phenoxy) is 1. The SMILES string of the molecule is COc1cccc2c1[C@@]1(C=CCNC1)C(=O)N2.Cl. The first kappa shape index (κ1) is 12.9. The van der Waals surface area contributed by atoms with Crippen molar-refractivity contribution in [3.05, 3.63) is 35.9 Å². The van der Waals surface area contributed by atoms with Gasteiger partial charge in [0.2, 0.25) is 5.91 Å². The molecule has 2 aliphatic rings. The summed E-state index contributed by atoms with van der Waals surface area (Å²) in [7, 11) is 1.63. The maximum atomic E-state index is 12.2. The third-order valence-corrected chi connectivity index (χ3v) is 3.41. The molecule has 1 aromatic rings. The molecule has 2 aliphatic heterocycles. The normalized spacial score (nSPS) is 24.4. The monoisotopic (exact) mass is 266 g/mol. The van der Waals surface area contributed by atoms with E-state index in [9.17, 15) is 4.79 Å². The van der Waals surface area contributed by atoms with Crippen molar-refractivity contribution < 1.29 is 9.53 Å². The fourth-order valence-corrected chi connectivity index (χ4v) is 2.61. The number of methoxy groups -OCH3 is 1. The first-order valence-electron chi connectivity index (χ1n) is 5.65. The maximum Gasteiger partial charge on any atom is 0.240 e. The molecule has 18 heavy (non-hydrogen) atoms. The average Bonchev–Trinajstić information content (AvgIpc) is 2.64. The second-order valence-electron chi connectivity index (χ2n) is 4.34. The standard InChI is InChI=1S/C13H14N2O2.ClH/c1-17-10-5-2-4-9-11(10)13(12(16)15-9)6-3-7-14-8-13;/h2-6,14H,7-8H2,1H3,(H,15,16);1H/t13-;/m0./s1. The predicted molar refractivity (Wildman–Crippen MR) is 72.6 cm³/mol. The van der Waals surface area contributed by atoms with E-state index in [-0.39, 0.29) is 18.3 Å². The fourth-order valence-electron chi connectivity index (χ4n) is 2.61. The summed E-state index contributed by atoms with van der Waals surface area (Å²) >= 11 is 0. The number of hydrogen-bond donors (Lipinski definition) is 2. The molecule has 0 saturated heterocycles. The van der Waals surface area contributed by atoms with Gasteiger partial charge in [-0.25, -0.2) is 0 Å². The third-order valence-electron chi connectivity index (χ3n) is 3.41. The van der Waals surface area contributed by atoms with Gasteiger partial charge in [0.15, 0.2) is 0 Å². The van der Waals surface area contributed by atoms with Crippen LogP contribution in [-0.2, 0) is 10.2 Å². The summed E-state index contributed by atoms with van der Waals surface area (Å²) in [6.45, 7) is 1.42. The quantitative estimate of drug-likeness (QED) is 0.757. The minimum Gasteiger partial charge on any atom is -0.496 e. The number of fused-ring (bicyclic) bond motifs is 2. The molecule has 2 N–H and O–H groups in total. The maximum absolute atomic E-state index is 12.2. The second kappa shape index (κ2) is 4.63. The van der Waals surface area contributed by atoms with E-state index in [1.165, 1.54) is 0 Å². The number of nitrogens with one attached hydrogen (secondary N) is 2. The molecule has 0 bridgehead atoms. The molecule has 1 aromatic carbocycles. The first-order chi connectivity index (χ1) is 8.28. The Labute approximate surface area is 112 Å². The lowest BCUT2D eigenvalue weighted by Gasteiger charge is -2.28. The number of carbonyl (C=O) groups is 1. The zero-order chi connectivity index (χ0) is 11.9. The number of hydrogen-bond acceptors (Lipinski definition) is 3. The van der Waals surface area contributed by atoms with Crippen molar-refractivity contribution in [3.8, 4) is 5.75 Å². The van der Waals surface area contributed by atoms with Crippen molar-refractivity contribution in [2.75, 3.05) is 25.5 Å². The highest BCUT2D eigenvalue weighted by atomic mass is 35.5. The van der Waals surface area contributed by atoms with Gasteiger partial charge < -0.3 is 15.4 Å². The highest BCUT2D eigenvalue weighted by Crippen LogP contribution is 2.44. The Bertz CT molecular complexity index is 516. The minimum absolute atomic E-state index is 0. The summed E-state index contributed by atoms with van der Waals surface area (Å²) in [6.07, 6.45) is 3.97. The molecule has 3 rings (SSSR count). The Morgan fingerprint density at radius 3 is 2.89 bits per heavy atom. The number of benzene rings is 1. The second-order valence-corrected chi connectivity index (χ2v) is 4.34. The Hall–Kier alpha value is -1.52. The summed E-state index contributed by atoms with van der Waals surface area (Å²) in [5, 5.41) is 6.16. The summed E-state index contributed by atoms with van der Waals surface area (Å²) in [5.41, 5.74) is 1.18. The van der Waals surface area contributed by atoms with Crippen LogP contribution in [0.25, 0.3) is 0 Å². The summed E-state index contributed by atoms with van der Waals surface area (Å²) in [4.78, 5) is 12.2. The van der Waals surface area contributed by atoms with Crippen molar-refractivity contribution in [1.29, 1.82) is 0 Å². The minimum atomic E-state index is -0.611. The zero-order valence-electron chi connectivity index (χ0n) is 10.0. The number of rotatable bonds is 1. The molecule has 96 valence electrons. The molecule has 5 heteroatoms. The van der Waals surface area contributed by atoms with E-state index in [1.54, 1.807) is 7.11 Å². The van der Waals surface area contributed by atoms with Crippen LogP contribution in [0.15, 0.2) is 30.4 Å². The zero-order valence-corrected chi connectivity index (χ0v) is 10.8. The van der Waals surface area contributed by atoms with E-state index in [2.05, 4.69) is 10.6 Å². The van der Waals surface area contributed by atoms with Crippen LogP contribution < -0.4 is 15.4 Å². The van der Waals surface area contributed by atoms with Crippen molar-refractivity contribution in [3.63, 3.8) is 0 Å². The van der Waals surface area contributed by atoms with E-state index in [4.69, 9.17) is 4.74 Å². The lowest BCUT2D eigenvalue weighted by molar-refractivity contribution is -0.119. The lowest BCUT2D eigenvalue weighted by atomic mass is 9.79. The molecule has 1 atom stereocenters. The molecular formula is C13H15ClN2O2. The largest absolute Gasteiger partial charge is 0.496 e. The van der Waals surface area contributed by atoms with Gasteiger partial charge in [0, 0.05) is 24.3 Å². The third kappa shape index (κ3) is 1.61. The number of carbonyl (C=O) groups excluding carboxylic acids is 1. The van der Waals surface area contributed by atoms with Crippen LogP contribution in [0.3, 0.4) is 0 Å². The summed E-state index contributed by atoms with van der Waals surface area (Å²) < 4.78 is 5.38. The van der Waals surface area contributed by atoms with Gasteiger partial charge in [-0.15, -0.1) is 12.4 Å². The van der Waals surface area contributed by atoms with Crippen LogP contribution in [-0.4, -0.2) is 26.1 Å². The Morgan fingerprint density at radius 1 is 1.39 bits per heavy atom. The van der Waals surface area contributed by atoms with Gasteiger partial charge in [0.05, 0.1) is 7.11 Å². The molecule has 0 aliphatic carbocycles. The first-order valence-corrected chi connectivity index (χ1v) is 5.65. The Balaban J connectivity index is 0.00000120. The van der Waals surface area contributed by atoms with Gasteiger partial charge in [-0.2, -0.15) is 0 Å². The molecule has 4 nitrogen and oxygen atoms in total. The van der Waals surface area contributed by atoms with Crippen LogP contribution in [0.5, 0.6) is 5.75 Å². The topological polar surface area (TPSA) is 50.4 Å². The highest BCUT2D eigenvalue weighted by molar-refractivity contribution is 6.09. The van der Waals surface area contributed by atoms with Gasteiger partial charge >= 0.3 is 0 Å². The van der Waals surface area contributed by atoms with Crippen LogP contribution in [0.1, 0.15) is 5.56 Å². The predicted octanol–water partition coefficient (Wildman–Crippen LogP) is 1.47. The van der Waals surface area contributed by atoms with Gasteiger partial charge in [-0.1, -0.05) is 18.2 Å². The van der Waals surface area contributed by atoms with Crippen molar-refractivity contribution >= 4 is 24.0 Å². The van der Waals surface area contributed by atoms with Gasteiger partial charge in [0.1, 0.15) is 11.2 Å². The molecule has 0 radical (unpaired) electrons. The van der Waals surface area contributed by atoms with E-state index in [0.29, 0.717) is 6.54 Å². The smallest absolute Gasteiger partial charge is 0.240 e. The van der Waals surface area contributed by atoms with Gasteiger partial charge in [0.25, 0.3) is 0 Å². The molecule has 0 fully saturated rings. The highest BCUT2D eigenvalue weighted by Gasteiger charge is 2.47. The lowest BCUT2D eigenvalue weighted by Crippen LogP contribution is -2.45. The van der Waals surface area contributed by atoms with Crippen LogP contribution >= 0.6 is 12.4 Å². The van der Waals surface area contributed by atoms with Crippen molar-refractivity contribution in [2.45, 2.75) is 5.41 Å². The molecule has 0 unspecified atom stereocenters. The molecule has 2 heterocycles. The van der Waals surface area contributed by atoms with E-state index < -0.39 is 5.41 Å². The molecule has 0 aromatic heterocycles. The molecule has 0 saturated carbocycles. The average molecular weight is 267 g/mol. The fraction of sp³-hybridized carbons (Fsp3) is 0.308. The van der Waals surface area contributed by atoms with E-state index >= 15 is 0 Å². The number of anilines is 1. The Kier molecular flexibility index (Phi) is 3.32. The van der Waals surface area contributed by atoms with Crippen molar-refractivity contribution in [1.82, 2.24) is 5.32 Å². The summed E-state index contributed by atoms with van der Waals surface area (Å²) in [6, 6.07) is 5.69. The number of halogens is 1. The molecular weight excluding hydrogens is 252 g/mol. The van der Waals surface area contributed by atoms with E-state index in [1.807, 2.05) is 30.4 Å².